The number of carboxylic acid groups (broad SMARTS) is 1. The molecule has 12 heavy (non-hydrogen) atoms. The highest BCUT2D eigenvalue weighted by Crippen LogP contribution is 2.36. The van der Waals surface area contributed by atoms with Gasteiger partial charge in [0.25, 0.3) is 5.97 Å². The monoisotopic (exact) mass is 174 g/mol. The smallest absolute Gasteiger partial charge is 0.300 e. The van der Waals surface area contributed by atoms with E-state index < -0.39 is 5.97 Å². The van der Waals surface area contributed by atoms with E-state index in [0.29, 0.717) is 6.10 Å². The lowest BCUT2D eigenvalue weighted by atomic mass is 9.98. The van der Waals surface area contributed by atoms with Gasteiger partial charge in [0, 0.05) is 6.92 Å². The fourth-order valence-corrected chi connectivity index (χ4v) is 1.42. The first-order valence-corrected chi connectivity index (χ1v) is 4.14. The second-order valence-electron chi connectivity index (χ2n) is 3.16. The van der Waals surface area contributed by atoms with Gasteiger partial charge < -0.3 is 14.9 Å². The van der Waals surface area contributed by atoms with Crippen molar-refractivity contribution < 1.29 is 19.7 Å². The highest BCUT2D eigenvalue weighted by Gasteiger charge is 2.46. The SMILES string of the molecule is CC(=O)O.OC1CCCC2OC12. The van der Waals surface area contributed by atoms with Crippen LogP contribution in [0.1, 0.15) is 26.2 Å². The third-order valence-electron chi connectivity index (χ3n) is 1.99. The number of ether oxygens (including phenoxy) is 1. The first-order chi connectivity index (χ1) is 5.61. The standard InChI is InChI=1S/C6H10O2.C2H4O2/c7-4-2-1-3-5-6(4)8-5;1-2(3)4/h4-7H,1-3H2;1H3,(H,3,4). The zero-order valence-electron chi connectivity index (χ0n) is 7.06. The van der Waals surface area contributed by atoms with Crippen LogP contribution in [-0.4, -0.2) is 34.5 Å². The number of hydrogen-bond acceptors (Lipinski definition) is 3. The van der Waals surface area contributed by atoms with E-state index in [1.165, 1.54) is 6.42 Å². The van der Waals surface area contributed by atoms with Crippen LogP contribution in [0.5, 0.6) is 0 Å². The number of hydrogen-bond donors (Lipinski definition) is 2. The molecule has 70 valence electrons. The molecule has 3 atom stereocenters. The molecule has 0 aromatic carbocycles. The Hall–Kier alpha value is -0.610. The van der Waals surface area contributed by atoms with E-state index in [2.05, 4.69) is 0 Å². The lowest BCUT2D eigenvalue weighted by Crippen LogP contribution is -2.20. The Kier molecular flexibility index (Phi) is 3.05. The summed E-state index contributed by atoms with van der Waals surface area (Å²) in [5, 5.41) is 16.5. The molecular weight excluding hydrogens is 160 g/mol. The third-order valence-corrected chi connectivity index (χ3v) is 1.99. The van der Waals surface area contributed by atoms with Crippen LogP contribution in [-0.2, 0) is 9.53 Å². The summed E-state index contributed by atoms with van der Waals surface area (Å²) in [4.78, 5) is 9.00. The topological polar surface area (TPSA) is 70.1 Å². The van der Waals surface area contributed by atoms with E-state index >= 15 is 0 Å². The molecule has 4 nitrogen and oxygen atoms in total. The summed E-state index contributed by atoms with van der Waals surface area (Å²) < 4.78 is 5.14. The number of aliphatic carboxylic acids is 1. The van der Waals surface area contributed by atoms with Crippen LogP contribution in [0.3, 0.4) is 0 Å². The Morgan fingerprint density at radius 1 is 1.50 bits per heavy atom. The number of epoxide rings is 1. The van der Waals surface area contributed by atoms with Crippen molar-refractivity contribution in [3.8, 4) is 0 Å². The van der Waals surface area contributed by atoms with Crippen LogP contribution in [0, 0.1) is 0 Å². The molecule has 2 N–H and O–H groups in total. The van der Waals surface area contributed by atoms with Gasteiger partial charge in [-0.05, 0) is 19.3 Å². The van der Waals surface area contributed by atoms with Crippen molar-refractivity contribution in [3.63, 3.8) is 0 Å². The molecule has 0 aromatic heterocycles. The Balaban J connectivity index is 0.000000157. The molecule has 2 rings (SSSR count). The van der Waals surface area contributed by atoms with Gasteiger partial charge in [0.2, 0.25) is 0 Å². The van der Waals surface area contributed by atoms with E-state index in [1.807, 2.05) is 0 Å². The molecule has 0 spiro atoms. The summed E-state index contributed by atoms with van der Waals surface area (Å²) in [7, 11) is 0. The number of rotatable bonds is 0. The predicted molar refractivity (Wildman–Crippen MR) is 41.8 cm³/mol. The molecule has 0 radical (unpaired) electrons. The van der Waals surface area contributed by atoms with E-state index in [4.69, 9.17) is 19.7 Å². The van der Waals surface area contributed by atoms with Gasteiger partial charge in [0.1, 0.15) is 6.10 Å². The van der Waals surface area contributed by atoms with Crippen molar-refractivity contribution in [2.45, 2.75) is 44.5 Å². The zero-order chi connectivity index (χ0) is 9.14. The number of carboxylic acids is 1. The van der Waals surface area contributed by atoms with Crippen molar-refractivity contribution in [1.29, 1.82) is 0 Å². The van der Waals surface area contributed by atoms with Crippen molar-refractivity contribution in [1.82, 2.24) is 0 Å². The Morgan fingerprint density at radius 3 is 2.50 bits per heavy atom. The van der Waals surface area contributed by atoms with Crippen LogP contribution in [0.15, 0.2) is 0 Å². The molecule has 0 aromatic rings. The quantitative estimate of drug-likeness (QED) is 0.521. The highest BCUT2D eigenvalue weighted by atomic mass is 16.6. The van der Waals surface area contributed by atoms with Gasteiger partial charge in [-0.25, -0.2) is 0 Å². The summed E-state index contributed by atoms with van der Waals surface area (Å²) in [6.07, 6.45) is 3.77. The lowest BCUT2D eigenvalue weighted by molar-refractivity contribution is -0.134. The Morgan fingerprint density at radius 2 is 2.08 bits per heavy atom. The van der Waals surface area contributed by atoms with E-state index in [-0.39, 0.29) is 12.2 Å². The van der Waals surface area contributed by atoms with Gasteiger partial charge in [-0.2, -0.15) is 0 Å². The molecule has 1 saturated carbocycles. The maximum absolute atomic E-state index is 9.09. The van der Waals surface area contributed by atoms with Crippen LogP contribution >= 0.6 is 0 Å². The van der Waals surface area contributed by atoms with E-state index in [1.54, 1.807) is 0 Å². The first-order valence-electron chi connectivity index (χ1n) is 4.14. The van der Waals surface area contributed by atoms with Gasteiger partial charge in [-0.1, -0.05) is 0 Å². The molecule has 1 saturated heterocycles. The van der Waals surface area contributed by atoms with Crippen molar-refractivity contribution >= 4 is 5.97 Å². The fourth-order valence-electron chi connectivity index (χ4n) is 1.42. The largest absolute Gasteiger partial charge is 0.481 e. The Bertz CT molecular complexity index is 164. The molecule has 0 amide bonds. The molecule has 2 aliphatic rings. The van der Waals surface area contributed by atoms with Gasteiger partial charge in [0.15, 0.2) is 0 Å². The first kappa shape index (κ1) is 9.48. The minimum Gasteiger partial charge on any atom is -0.481 e. The Labute approximate surface area is 71.2 Å². The second-order valence-corrected chi connectivity index (χ2v) is 3.16. The van der Waals surface area contributed by atoms with Crippen LogP contribution in [0.4, 0.5) is 0 Å². The number of fused-ring (bicyclic) bond motifs is 1. The average molecular weight is 174 g/mol. The number of carbonyl (C=O) groups is 1. The second kappa shape index (κ2) is 3.87. The fraction of sp³-hybridized carbons (Fsp3) is 0.875. The van der Waals surface area contributed by atoms with Gasteiger partial charge in [-0.15, -0.1) is 0 Å². The van der Waals surface area contributed by atoms with Crippen molar-refractivity contribution in [3.05, 3.63) is 0 Å². The summed E-state index contributed by atoms with van der Waals surface area (Å²) in [6, 6.07) is 0. The summed E-state index contributed by atoms with van der Waals surface area (Å²) in [5.41, 5.74) is 0. The molecule has 4 heteroatoms. The summed E-state index contributed by atoms with van der Waals surface area (Å²) in [5.74, 6) is -0.833. The molecule has 3 unspecified atom stereocenters. The lowest BCUT2D eigenvalue weighted by Gasteiger charge is -2.10. The van der Waals surface area contributed by atoms with Crippen LogP contribution in [0.25, 0.3) is 0 Å². The van der Waals surface area contributed by atoms with Crippen molar-refractivity contribution in [2.24, 2.45) is 0 Å². The zero-order valence-corrected chi connectivity index (χ0v) is 7.06. The van der Waals surface area contributed by atoms with Gasteiger partial charge in [-0.3, -0.25) is 4.79 Å². The third kappa shape index (κ3) is 2.79. The maximum Gasteiger partial charge on any atom is 0.300 e. The van der Waals surface area contributed by atoms with Crippen LogP contribution < -0.4 is 0 Å². The summed E-state index contributed by atoms with van der Waals surface area (Å²) >= 11 is 0. The van der Waals surface area contributed by atoms with E-state index in [9.17, 15) is 0 Å². The minimum absolute atomic E-state index is 0.145. The molecule has 0 bridgehead atoms. The van der Waals surface area contributed by atoms with Gasteiger partial charge in [0.05, 0.1) is 12.2 Å². The average Bonchev–Trinajstić information content (AvgIpc) is 2.65. The van der Waals surface area contributed by atoms with Gasteiger partial charge >= 0.3 is 0 Å². The molecule has 1 aliphatic heterocycles. The molecular formula is C8H14O4. The van der Waals surface area contributed by atoms with Crippen LogP contribution in [0.2, 0.25) is 0 Å². The number of aliphatic hydroxyl groups excluding tert-OH is 1. The normalized spacial score (nSPS) is 37.3. The minimum atomic E-state index is -0.833. The highest BCUT2D eigenvalue weighted by molar-refractivity contribution is 5.62. The van der Waals surface area contributed by atoms with Crippen molar-refractivity contribution in [2.75, 3.05) is 0 Å². The number of aliphatic hydroxyl groups is 1. The molecule has 2 fully saturated rings. The van der Waals surface area contributed by atoms with E-state index in [0.717, 1.165) is 19.8 Å². The maximum atomic E-state index is 9.09. The molecule has 1 heterocycles. The summed E-state index contributed by atoms with van der Waals surface area (Å²) in [6.45, 7) is 1.08. The molecule has 1 aliphatic carbocycles. The predicted octanol–water partition coefficient (Wildman–Crippen LogP) is 0.389.